The van der Waals surface area contributed by atoms with Crippen molar-refractivity contribution in [3.05, 3.63) is 22.4 Å². The van der Waals surface area contributed by atoms with Gasteiger partial charge in [-0.3, -0.25) is 0 Å². The Bertz CT molecular complexity index is 446. The van der Waals surface area contributed by atoms with E-state index in [4.69, 9.17) is 4.74 Å². The lowest BCUT2D eigenvalue weighted by Gasteiger charge is -2.51. The van der Waals surface area contributed by atoms with E-state index in [1.807, 2.05) is 0 Å². The van der Waals surface area contributed by atoms with Gasteiger partial charge < -0.3 is 9.64 Å². The lowest BCUT2D eigenvalue weighted by molar-refractivity contribution is -0.112. The van der Waals surface area contributed by atoms with Crippen molar-refractivity contribution >= 4 is 0 Å². The Morgan fingerprint density at radius 2 is 1.55 bits per heavy atom. The summed E-state index contributed by atoms with van der Waals surface area (Å²) in [5.74, 6) is 1.15. The molecule has 0 radical (unpaired) electrons. The Morgan fingerprint density at radius 1 is 1.00 bits per heavy atom. The molecule has 1 fully saturated rings. The van der Waals surface area contributed by atoms with Gasteiger partial charge in [0.05, 0.1) is 13.2 Å². The molecule has 0 N–H and O–H groups in total. The van der Waals surface area contributed by atoms with Crippen LogP contribution in [-0.4, -0.2) is 29.7 Å². The first kappa shape index (κ1) is 15.6. The first-order valence-corrected chi connectivity index (χ1v) is 8.03. The quantitative estimate of drug-likeness (QED) is 0.759. The molecule has 114 valence electrons. The van der Waals surface area contributed by atoms with Crippen LogP contribution < -0.4 is 0 Å². The summed E-state index contributed by atoms with van der Waals surface area (Å²) in [5.41, 5.74) is 6.26. The topological polar surface area (TPSA) is 12.5 Å². The van der Waals surface area contributed by atoms with Crippen molar-refractivity contribution in [3.8, 4) is 0 Å². The number of ether oxygens (including phenoxy) is 1. The van der Waals surface area contributed by atoms with Crippen LogP contribution in [0, 0.1) is 11.8 Å². The number of hydrogen-bond acceptors (Lipinski definition) is 2. The van der Waals surface area contributed by atoms with Gasteiger partial charge in [-0.1, -0.05) is 33.3 Å². The SMILES string of the molecule is CC(C)=C1C(C(C)C)=C(C(C)C)C2(COC2)N1C(C)C. The van der Waals surface area contributed by atoms with Crippen LogP contribution in [0.3, 0.4) is 0 Å². The van der Waals surface area contributed by atoms with Gasteiger partial charge in [-0.2, -0.15) is 0 Å². The van der Waals surface area contributed by atoms with Gasteiger partial charge >= 0.3 is 0 Å². The molecule has 2 rings (SSSR count). The summed E-state index contributed by atoms with van der Waals surface area (Å²) in [5, 5.41) is 0. The molecule has 0 aromatic rings. The predicted octanol–water partition coefficient (Wildman–Crippen LogP) is 4.38. The van der Waals surface area contributed by atoms with Crippen LogP contribution >= 0.6 is 0 Å². The molecule has 20 heavy (non-hydrogen) atoms. The van der Waals surface area contributed by atoms with Gasteiger partial charge in [0, 0.05) is 11.7 Å². The summed E-state index contributed by atoms with van der Waals surface area (Å²) >= 11 is 0. The summed E-state index contributed by atoms with van der Waals surface area (Å²) in [6.45, 7) is 20.2. The molecule has 2 aliphatic heterocycles. The highest BCUT2D eigenvalue weighted by Crippen LogP contribution is 2.52. The molecule has 0 saturated carbocycles. The summed E-state index contributed by atoms with van der Waals surface area (Å²) in [4.78, 5) is 2.65. The Hall–Kier alpha value is -0.760. The average Bonchev–Trinajstić information content (AvgIpc) is 2.59. The molecule has 0 atom stereocenters. The van der Waals surface area contributed by atoms with Gasteiger partial charge in [0.1, 0.15) is 5.54 Å². The largest absolute Gasteiger partial charge is 0.376 e. The van der Waals surface area contributed by atoms with Gasteiger partial charge in [0.2, 0.25) is 0 Å². The van der Waals surface area contributed by atoms with Crippen LogP contribution in [0.15, 0.2) is 22.4 Å². The van der Waals surface area contributed by atoms with Gasteiger partial charge in [0.15, 0.2) is 0 Å². The van der Waals surface area contributed by atoms with Gasteiger partial charge in [-0.15, -0.1) is 0 Å². The second-order valence-electron chi connectivity index (χ2n) is 7.47. The molecule has 1 saturated heterocycles. The van der Waals surface area contributed by atoms with E-state index in [2.05, 4.69) is 60.3 Å². The van der Waals surface area contributed by atoms with E-state index in [1.54, 1.807) is 11.1 Å². The van der Waals surface area contributed by atoms with Crippen molar-refractivity contribution < 1.29 is 4.74 Å². The zero-order valence-corrected chi connectivity index (χ0v) is 14.5. The third kappa shape index (κ3) is 2.04. The highest BCUT2D eigenvalue weighted by atomic mass is 16.5. The molecular formula is C18H31NO. The molecule has 2 heterocycles. The van der Waals surface area contributed by atoms with E-state index in [-0.39, 0.29) is 5.54 Å². The molecule has 2 nitrogen and oxygen atoms in total. The normalized spacial score (nSPS) is 21.8. The lowest BCUT2D eigenvalue weighted by atomic mass is 9.78. The third-order valence-electron chi connectivity index (χ3n) is 4.58. The fourth-order valence-corrected chi connectivity index (χ4v) is 4.14. The minimum Gasteiger partial charge on any atom is -0.376 e. The van der Waals surface area contributed by atoms with Gasteiger partial charge in [-0.25, -0.2) is 0 Å². The third-order valence-corrected chi connectivity index (χ3v) is 4.58. The van der Waals surface area contributed by atoms with Crippen molar-refractivity contribution in [1.82, 2.24) is 4.90 Å². The molecule has 2 heteroatoms. The van der Waals surface area contributed by atoms with E-state index in [1.165, 1.54) is 11.3 Å². The van der Waals surface area contributed by atoms with Crippen molar-refractivity contribution in [3.63, 3.8) is 0 Å². The maximum atomic E-state index is 5.68. The minimum absolute atomic E-state index is 0.133. The Morgan fingerprint density at radius 3 is 1.80 bits per heavy atom. The smallest absolute Gasteiger partial charge is 0.109 e. The van der Waals surface area contributed by atoms with E-state index in [9.17, 15) is 0 Å². The monoisotopic (exact) mass is 277 g/mol. The molecule has 0 bridgehead atoms. The van der Waals surface area contributed by atoms with Gasteiger partial charge in [-0.05, 0) is 50.7 Å². The zero-order valence-electron chi connectivity index (χ0n) is 14.5. The van der Waals surface area contributed by atoms with Crippen molar-refractivity contribution in [2.45, 2.75) is 67.0 Å². The highest BCUT2D eigenvalue weighted by Gasteiger charge is 2.55. The Kier molecular flexibility index (Phi) is 4.07. The summed E-state index contributed by atoms with van der Waals surface area (Å²) < 4.78 is 5.68. The zero-order chi connectivity index (χ0) is 15.2. The van der Waals surface area contributed by atoms with Crippen molar-refractivity contribution in [2.75, 3.05) is 13.2 Å². The maximum Gasteiger partial charge on any atom is 0.109 e. The van der Waals surface area contributed by atoms with Crippen LogP contribution in [0.1, 0.15) is 55.4 Å². The fraction of sp³-hybridized carbons (Fsp3) is 0.778. The first-order valence-electron chi connectivity index (χ1n) is 8.03. The molecule has 0 unspecified atom stereocenters. The molecular weight excluding hydrogens is 246 g/mol. The molecule has 1 spiro atoms. The number of hydrogen-bond donors (Lipinski definition) is 0. The second-order valence-corrected chi connectivity index (χ2v) is 7.47. The summed E-state index contributed by atoms with van der Waals surface area (Å²) in [6, 6.07) is 0.508. The predicted molar refractivity (Wildman–Crippen MR) is 85.6 cm³/mol. The molecule has 0 aromatic carbocycles. The van der Waals surface area contributed by atoms with Gasteiger partial charge in [0.25, 0.3) is 0 Å². The van der Waals surface area contributed by atoms with Crippen LogP contribution in [0.25, 0.3) is 0 Å². The average molecular weight is 277 g/mol. The van der Waals surface area contributed by atoms with E-state index >= 15 is 0 Å². The second kappa shape index (κ2) is 5.22. The number of rotatable bonds is 3. The van der Waals surface area contributed by atoms with Crippen LogP contribution in [0.4, 0.5) is 0 Å². The minimum atomic E-state index is 0.133. The fourth-order valence-electron chi connectivity index (χ4n) is 4.14. The first-order chi connectivity index (χ1) is 9.24. The Labute approximate surface area is 124 Å². The van der Waals surface area contributed by atoms with Crippen LogP contribution in [0.2, 0.25) is 0 Å². The number of nitrogens with zero attached hydrogens (tertiary/aromatic N) is 1. The Balaban J connectivity index is 2.70. The maximum absolute atomic E-state index is 5.68. The standard InChI is InChI=1S/C18H31NO/c1-11(2)15-16(12(3)4)18(9-20-10-18)19(14(7)8)17(15)13(5)6/h11-12,14H,9-10H2,1-8H3. The molecule has 0 aromatic heterocycles. The summed E-state index contributed by atoms with van der Waals surface area (Å²) in [6.07, 6.45) is 0. The molecule has 0 aliphatic carbocycles. The van der Waals surface area contributed by atoms with Crippen molar-refractivity contribution in [2.24, 2.45) is 11.8 Å². The summed E-state index contributed by atoms with van der Waals surface area (Å²) in [7, 11) is 0. The lowest BCUT2D eigenvalue weighted by Crippen LogP contribution is -2.62. The highest BCUT2D eigenvalue weighted by molar-refractivity contribution is 5.52. The number of allylic oxidation sites excluding steroid dienone is 2. The van der Waals surface area contributed by atoms with E-state index < -0.39 is 0 Å². The van der Waals surface area contributed by atoms with E-state index in [0.717, 1.165) is 13.2 Å². The molecule has 0 amide bonds. The van der Waals surface area contributed by atoms with E-state index in [0.29, 0.717) is 17.9 Å². The van der Waals surface area contributed by atoms with Crippen molar-refractivity contribution in [1.29, 1.82) is 0 Å². The molecule has 2 aliphatic rings. The van der Waals surface area contributed by atoms with Crippen LogP contribution in [0.5, 0.6) is 0 Å². The van der Waals surface area contributed by atoms with Crippen LogP contribution in [-0.2, 0) is 4.74 Å².